The third-order valence-electron chi connectivity index (χ3n) is 3.75. The predicted octanol–water partition coefficient (Wildman–Crippen LogP) is 4.02. The number of aliphatic hydroxyl groups is 1. The van der Waals surface area contributed by atoms with Gasteiger partial charge in [-0.3, -0.25) is 0 Å². The molecule has 1 aromatic carbocycles. The highest BCUT2D eigenvalue weighted by molar-refractivity contribution is 6.30. The van der Waals surface area contributed by atoms with E-state index >= 15 is 0 Å². The normalized spacial score (nSPS) is 20.6. The second-order valence-electron chi connectivity index (χ2n) is 6.83. The molecule has 1 N–H and O–H groups in total. The van der Waals surface area contributed by atoms with Crippen molar-refractivity contribution >= 4 is 17.7 Å². The SMILES string of the molecule is CC(C)(C)OC(=O)N1CCC[C@H]([C@@H](O)c2cccc(Cl)c2)C1. The second-order valence-corrected chi connectivity index (χ2v) is 7.26. The van der Waals surface area contributed by atoms with Crippen molar-refractivity contribution in [3.8, 4) is 0 Å². The molecule has 1 fully saturated rings. The van der Waals surface area contributed by atoms with E-state index in [0.717, 1.165) is 18.4 Å². The molecule has 22 heavy (non-hydrogen) atoms. The van der Waals surface area contributed by atoms with Gasteiger partial charge in [-0.05, 0) is 51.3 Å². The van der Waals surface area contributed by atoms with Gasteiger partial charge in [-0.2, -0.15) is 0 Å². The highest BCUT2D eigenvalue weighted by Gasteiger charge is 2.31. The van der Waals surface area contributed by atoms with Gasteiger partial charge in [0.25, 0.3) is 0 Å². The van der Waals surface area contributed by atoms with E-state index in [1.807, 2.05) is 32.9 Å². The molecule has 2 rings (SSSR count). The zero-order chi connectivity index (χ0) is 16.3. The molecule has 0 spiro atoms. The molecule has 1 aliphatic rings. The summed E-state index contributed by atoms with van der Waals surface area (Å²) >= 11 is 5.98. The van der Waals surface area contributed by atoms with Crippen molar-refractivity contribution in [2.24, 2.45) is 5.92 Å². The number of piperidine rings is 1. The maximum Gasteiger partial charge on any atom is 0.410 e. The highest BCUT2D eigenvalue weighted by atomic mass is 35.5. The van der Waals surface area contributed by atoms with Crippen LogP contribution in [0.2, 0.25) is 5.02 Å². The second kappa shape index (κ2) is 6.88. The topological polar surface area (TPSA) is 49.8 Å². The van der Waals surface area contributed by atoms with E-state index in [0.29, 0.717) is 18.1 Å². The Balaban J connectivity index is 2.02. The number of nitrogens with zero attached hydrogens (tertiary/aromatic N) is 1. The number of hydrogen-bond acceptors (Lipinski definition) is 3. The van der Waals surface area contributed by atoms with Crippen LogP contribution in [-0.4, -0.2) is 34.8 Å². The van der Waals surface area contributed by atoms with Crippen molar-refractivity contribution in [2.45, 2.75) is 45.3 Å². The van der Waals surface area contributed by atoms with Crippen molar-refractivity contribution in [1.29, 1.82) is 0 Å². The Morgan fingerprint density at radius 3 is 2.82 bits per heavy atom. The Labute approximate surface area is 137 Å². The minimum Gasteiger partial charge on any atom is -0.444 e. The van der Waals surface area contributed by atoms with Crippen LogP contribution in [0.15, 0.2) is 24.3 Å². The van der Waals surface area contributed by atoms with Gasteiger partial charge in [0.1, 0.15) is 5.60 Å². The van der Waals surface area contributed by atoms with Crippen molar-refractivity contribution in [1.82, 2.24) is 4.90 Å². The maximum absolute atomic E-state index is 12.2. The van der Waals surface area contributed by atoms with Gasteiger partial charge in [0.2, 0.25) is 0 Å². The van der Waals surface area contributed by atoms with Crippen molar-refractivity contribution in [2.75, 3.05) is 13.1 Å². The van der Waals surface area contributed by atoms with Gasteiger partial charge >= 0.3 is 6.09 Å². The monoisotopic (exact) mass is 325 g/mol. The summed E-state index contributed by atoms with van der Waals surface area (Å²) in [7, 11) is 0. The standard InChI is InChI=1S/C17H24ClNO3/c1-17(2,3)22-16(21)19-9-5-7-13(11-19)15(20)12-6-4-8-14(18)10-12/h4,6,8,10,13,15,20H,5,7,9,11H2,1-3H3/t13-,15-/m0/s1. The molecule has 0 bridgehead atoms. The largest absolute Gasteiger partial charge is 0.444 e. The minimum absolute atomic E-state index is 0.000245. The number of likely N-dealkylation sites (tertiary alicyclic amines) is 1. The number of hydrogen-bond donors (Lipinski definition) is 1. The summed E-state index contributed by atoms with van der Waals surface area (Å²) in [6, 6.07) is 7.25. The number of halogens is 1. The molecule has 1 saturated heterocycles. The lowest BCUT2D eigenvalue weighted by Crippen LogP contribution is -2.44. The van der Waals surface area contributed by atoms with Gasteiger partial charge in [0, 0.05) is 24.0 Å². The Morgan fingerprint density at radius 1 is 1.45 bits per heavy atom. The molecule has 0 saturated carbocycles. The molecule has 1 aromatic rings. The fourth-order valence-corrected chi connectivity index (χ4v) is 2.92. The van der Waals surface area contributed by atoms with Gasteiger partial charge < -0.3 is 14.7 Å². The predicted molar refractivity (Wildman–Crippen MR) is 86.9 cm³/mol. The van der Waals surface area contributed by atoms with E-state index in [-0.39, 0.29) is 12.0 Å². The summed E-state index contributed by atoms with van der Waals surface area (Å²) in [4.78, 5) is 13.9. The fourth-order valence-electron chi connectivity index (χ4n) is 2.72. The van der Waals surface area contributed by atoms with Crippen LogP contribution in [-0.2, 0) is 4.74 Å². The summed E-state index contributed by atoms with van der Waals surface area (Å²) in [5, 5.41) is 11.2. The molecule has 5 heteroatoms. The molecule has 1 heterocycles. The average molecular weight is 326 g/mol. The van der Waals surface area contributed by atoms with Crippen LogP contribution in [0, 0.1) is 5.92 Å². The first-order valence-electron chi connectivity index (χ1n) is 7.68. The number of carbonyl (C=O) groups excluding carboxylic acids is 1. The quantitative estimate of drug-likeness (QED) is 0.893. The van der Waals surface area contributed by atoms with Gasteiger partial charge in [-0.1, -0.05) is 23.7 Å². The number of ether oxygens (including phenoxy) is 1. The van der Waals surface area contributed by atoms with Crippen LogP contribution in [0.25, 0.3) is 0 Å². The van der Waals surface area contributed by atoms with E-state index < -0.39 is 11.7 Å². The average Bonchev–Trinajstić information content (AvgIpc) is 2.45. The van der Waals surface area contributed by atoms with Crippen molar-refractivity contribution < 1.29 is 14.6 Å². The van der Waals surface area contributed by atoms with Crippen LogP contribution >= 0.6 is 11.6 Å². The molecule has 1 amide bonds. The van der Waals surface area contributed by atoms with Crippen molar-refractivity contribution in [3.63, 3.8) is 0 Å². The zero-order valence-electron chi connectivity index (χ0n) is 13.4. The Morgan fingerprint density at radius 2 is 2.18 bits per heavy atom. The molecule has 0 unspecified atom stereocenters. The number of amides is 1. The first kappa shape index (κ1) is 17.1. The zero-order valence-corrected chi connectivity index (χ0v) is 14.1. The number of benzene rings is 1. The molecular formula is C17H24ClNO3. The third kappa shape index (κ3) is 4.62. The number of carbonyl (C=O) groups is 1. The third-order valence-corrected chi connectivity index (χ3v) is 3.98. The molecule has 1 aliphatic heterocycles. The molecule has 0 aliphatic carbocycles. The summed E-state index contributed by atoms with van der Waals surface area (Å²) < 4.78 is 5.41. The van der Waals surface area contributed by atoms with Gasteiger partial charge in [-0.25, -0.2) is 4.79 Å². The Bertz CT molecular complexity index is 527. The lowest BCUT2D eigenvalue weighted by Gasteiger charge is -2.36. The van der Waals surface area contributed by atoms with E-state index in [2.05, 4.69) is 0 Å². The first-order chi connectivity index (χ1) is 10.3. The van der Waals surface area contributed by atoms with Crippen LogP contribution in [0.3, 0.4) is 0 Å². The summed E-state index contributed by atoms with van der Waals surface area (Å²) in [5.74, 6) is -0.000245. The highest BCUT2D eigenvalue weighted by Crippen LogP contribution is 2.31. The Hall–Kier alpha value is -1.26. The summed E-state index contributed by atoms with van der Waals surface area (Å²) in [5.41, 5.74) is 0.291. The maximum atomic E-state index is 12.2. The number of rotatable bonds is 2. The van der Waals surface area contributed by atoms with Gasteiger partial charge in [-0.15, -0.1) is 0 Å². The van der Waals surface area contributed by atoms with Crippen LogP contribution in [0.5, 0.6) is 0 Å². The van der Waals surface area contributed by atoms with E-state index in [1.54, 1.807) is 17.0 Å². The van der Waals surface area contributed by atoms with Crippen LogP contribution in [0.1, 0.15) is 45.3 Å². The Kier molecular flexibility index (Phi) is 5.35. The molecular weight excluding hydrogens is 302 g/mol. The fraction of sp³-hybridized carbons (Fsp3) is 0.588. The lowest BCUT2D eigenvalue weighted by atomic mass is 9.89. The summed E-state index contributed by atoms with van der Waals surface area (Å²) in [6.45, 7) is 6.74. The van der Waals surface area contributed by atoms with E-state index in [1.165, 1.54) is 0 Å². The van der Waals surface area contributed by atoms with Crippen molar-refractivity contribution in [3.05, 3.63) is 34.9 Å². The number of aliphatic hydroxyl groups excluding tert-OH is 1. The lowest BCUT2D eigenvalue weighted by molar-refractivity contribution is 0.00239. The van der Waals surface area contributed by atoms with E-state index in [9.17, 15) is 9.90 Å². The molecule has 0 radical (unpaired) electrons. The molecule has 0 aromatic heterocycles. The smallest absolute Gasteiger partial charge is 0.410 e. The molecule has 4 nitrogen and oxygen atoms in total. The molecule has 122 valence electrons. The van der Waals surface area contributed by atoms with Crippen LogP contribution in [0.4, 0.5) is 4.79 Å². The van der Waals surface area contributed by atoms with E-state index in [4.69, 9.17) is 16.3 Å². The molecule has 2 atom stereocenters. The first-order valence-corrected chi connectivity index (χ1v) is 8.05. The van der Waals surface area contributed by atoms with Gasteiger partial charge in [0.05, 0.1) is 6.10 Å². The minimum atomic E-state index is -0.621. The van der Waals surface area contributed by atoms with Gasteiger partial charge in [0.15, 0.2) is 0 Å². The summed E-state index contributed by atoms with van der Waals surface area (Å²) in [6.07, 6.45) is 0.813. The van der Waals surface area contributed by atoms with Crippen LogP contribution < -0.4 is 0 Å².